The van der Waals surface area contributed by atoms with Gasteiger partial charge in [0.25, 0.3) is 0 Å². The Bertz CT molecular complexity index is 1240. The highest BCUT2D eigenvalue weighted by atomic mass is 35.5. The van der Waals surface area contributed by atoms with E-state index in [1.807, 2.05) is 54.6 Å². The van der Waals surface area contributed by atoms with Crippen LogP contribution in [0.5, 0.6) is 5.75 Å². The predicted molar refractivity (Wildman–Crippen MR) is 128 cm³/mol. The number of hydrogen-bond acceptors (Lipinski definition) is 4. The Labute approximate surface area is 191 Å². The molecule has 2 N–H and O–H groups in total. The molecule has 1 amide bonds. The van der Waals surface area contributed by atoms with Crippen LogP contribution in [0.4, 0.5) is 5.82 Å². The molecule has 1 aromatic heterocycles. The lowest BCUT2D eigenvalue weighted by Crippen LogP contribution is -2.16. The Hall–Kier alpha value is -3.96. The summed E-state index contributed by atoms with van der Waals surface area (Å²) in [5.41, 5.74) is 3.82. The maximum absolute atomic E-state index is 12.6. The van der Waals surface area contributed by atoms with Crippen molar-refractivity contribution in [1.82, 2.24) is 9.97 Å². The van der Waals surface area contributed by atoms with Crippen molar-refractivity contribution < 1.29 is 9.90 Å². The number of halogens is 1. The SMILES string of the molecule is O=C(Cc1ccc(Cl)cc1)Nc1ncc(-c2ccc(O)cc2)nc1C=Cc1ccccc1. The molecule has 32 heavy (non-hydrogen) atoms. The normalized spacial score (nSPS) is 10.9. The summed E-state index contributed by atoms with van der Waals surface area (Å²) < 4.78 is 0. The summed E-state index contributed by atoms with van der Waals surface area (Å²) in [4.78, 5) is 21.8. The molecule has 0 radical (unpaired) electrons. The monoisotopic (exact) mass is 441 g/mol. The van der Waals surface area contributed by atoms with Gasteiger partial charge in [-0.25, -0.2) is 9.97 Å². The van der Waals surface area contributed by atoms with E-state index in [1.54, 1.807) is 42.6 Å². The molecule has 0 aliphatic carbocycles. The van der Waals surface area contributed by atoms with Crippen molar-refractivity contribution in [3.05, 3.63) is 107 Å². The van der Waals surface area contributed by atoms with Crippen molar-refractivity contribution >= 4 is 35.5 Å². The van der Waals surface area contributed by atoms with Gasteiger partial charge in [0.05, 0.1) is 18.3 Å². The number of hydrogen-bond donors (Lipinski definition) is 2. The number of anilines is 1. The summed E-state index contributed by atoms with van der Waals surface area (Å²) in [6.45, 7) is 0. The molecule has 4 rings (SSSR count). The van der Waals surface area contributed by atoms with Crippen LogP contribution in [0.3, 0.4) is 0 Å². The predicted octanol–water partition coefficient (Wildman–Crippen LogP) is 5.85. The Balaban J connectivity index is 1.62. The summed E-state index contributed by atoms with van der Waals surface area (Å²) in [5.74, 6) is 0.351. The van der Waals surface area contributed by atoms with Crippen LogP contribution < -0.4 is 5.32 Å². The molecule has 0 bridgehead atoms. The lowest BCUT2D eigenvalue weighted by atomic mass is 10.1. The Morgan fingerprint density at radius 1 is 0.938 bits per heavy atom. The third-order valence-electron chi connectivity index (χ3n) is 4.73. The van der Waals surface area contributed by atoms with Gasteiger partial charge in [-0.3, -0.25) is 4.79 Å². The van der Waals surface area contributed by atoms with Crippen molar-refractivity contribution in [2.75, 3.05) is 5.32 Å². The highest BCUT2D eigenvalue weighted by Crippen LogP contribution is 2.23. The number of phenolic OH excluding ortho intramolecular Hbond substituents is 1. The summed E-state index contributed by atoms with van der Waals surface area (Å²) in [5, 5.41) is 13.0. The van der Waals surface area contributed by atoms with Gasteiger partial charge >= 0.3 is 0 Å². The van der Waals surface area contributed by atoms with E-state index < -0.39 is 0 Å². The van der Waals surface area contributed by atoms with E-state index in [1.165, 1.54) is 0 Å². The lowest BCUT2D eigenvalue weighted by Gasteiger charge is -2.10. The van der Waals surface area contributed by atoms with Gasteiger partial charge in [-0.2, -0.15) is 0 Å². The fourth-order valence-corrected chi connectivity index (χ4v) is 3.22. The van der Waals surface area contributed by atoms with E-state index in [0.717, 1.165) is 16.7 Å². The van der Waals surface area contributed by atoms with Crippen LogP contribution in [0.25, 0.3) is 23.4 Å². The molecule has 1 heterocycles. The van der Waals surface area contributed by atoms with Gasteiger partial charge in [0, 0.05) is 10.6 Å². The van der Waals surface area contributed by atoms with E-state index >= 15 is 0 Å². The molecule has 0 fully saturated rings. The molecule has 6 heteroatoms. The van der Waals surface area contributed by atoms with Crippen LogP contribution in [0.2, 0.25) is 5.02 Å². The van der Waals surface area contributed by atoms with Crippen LogP contribution in [0.15, 0.2) is 85.1 Å². The summed E-state index contributed by atoms with van der Waals surface area (Å²) in [6.07, 6.45) is 5.54. The first-order chi connectivity index (χ1) is 15.6. The lowest BCUT2D eigenvalue weighted by molar-refractivity contribution is -0.115. The number of phenols is 1. The molecular weight excluding hydrogens is 422 g/mol. The molecule has 0 atom stereocenters. The summed E-state index contributed by atoms with van der Waals surface area (Å²) in [7, 11) is 0. The zero-order chi connectivity index (χ0) is 22.3. The second-order valence-corrected chi connectivity index (χ2v) is 7.57. The third-order valence-corrected chi connectivity index (χ3v) is 4.98. The van der Waals surface area contributed by atoms with E-state index in [-0.39, 0.29) is 18.1 Å². The Kier molecular flexibility index (Phi) is 6.58. The number of carbonyl (C=O) groups is 1. The average molecular weight is 442 g/mol. The average Bonchev–Trinajstić information content (AvgIpc) is 2.81. The number of amides is 1. The molecule has 4 aromatic rings. The van der Waals surface area contributed by atoms with Gasteiger partial charge < -0.3 is 10.4 Å². The van der Waals surface area contributed by atoms with Crippen molar-refractivity contribution in [1.29, 1.82) is 0 Å². The maximum atomic E-state index is 12.6. The van der Waals surface area contributed by atoms with Crippen molar-refractivity contribution in [3.8, 4) is 17.0 Å². The molecular formula is C26H20ClN3O2. The third kappa shape index (κ3) is 5.59. The number of aromatic nitrogens is 2. The van der Waals surface area contributed by atoms with Gasteiger partial charge in [0.15, 0.2) is 5.82 Å². The molecule has 0 unspecified atom stereocenters. The molecule has 0 saturated carbocycles. The molecule has 0 aliphatic heterocycles. The van der Waals surface area contributed by atoms with Crippen molar-refractivity contribution in [2.45, 2.75) is 6.42 Å². The first-order valence-corrected chi connectivity index (χ1v) is 10.4. The fourth-order valence-electron chi connectivity index (χ4n) is 3.09. The molecule has 0 saturated heterocycles. The molecule has 5 nitrogen and oxygen atoms in total. The smallest absolute Gasteiger partial charge is 0.230 e. The number of carbonyl (C=O) groups excluding carboxylic acids is 1. The minimum Gasteiger partial charge on any atom is -0.508 e. The van der Waals surface area contributed by atoms with E-state index in [9.17, 15) is 9.90 Å². The standard InChI is InChI=1S/C26H20ClN3O2/c27-21-11-6-19(7-12-21)16-25(32)30-26-23(15-8-18-4-2-1-3-5-18)29-24(17-28-26)20-9-13-22(31)14-10-20/h1-15,17,31H,16H2,(H,28,30,32). The van der Waals surface area contributed by atoms with Crippen LogP contribution in [-0.2, 0) is 11.2 Å². The van der Waals surface area contributed by atoms with E-state index in [0.29, 0.717) is 22.2 Å². The number of nitrogens with zero attached hydrogens (tertiary/aromatic N) is 2. The second kappa shape index (κ2) is 9.90. The van der Waals surface area contributed by atoms with Gasteiger partial charge in [0.2, 0.25) is 5.91 Å². The van der Waals surface area contributed by atoms with Gasteiger partial charge in [-0.15, -0.1) is 0 Å². The quantitative estimate of drug-likeness (QED) is 0.393. The maximum Gasteiger partial charge on any atom is 0.230 e. The highest BCUT2D eigenvalue weighted by molar-refractivity contribution is 6.30. The zero-order valence-electron chi connectivity index (χ0n) is 17.1. The van der Waals surface area contributed by atoms with Gasteiger partial charge in [-0.05, 0) is 53.6 Å². The zero-order valence-corrected chi connectivity index (χ0v) is 17.8. The molecule has 0 spiro atoms. The van der Waals surface area contributed by atoms with Crippen LogP contribution in [0.1, 0.15) is 16.8 Å². The number of nitrogens with one attached hydrogen (secondary N) is 1. The largest absolute Gasteiger partial charge is 0.508 e. The van der Waals surface area contributed by atoms with Crippen LogP contribution in [-0.4, -0.2) is 21.0 Å². The van der Waals surface area contributed by atoms with Gasteiger partial charge in [0.1, 0.15) is 11.4 Å². The first kappa shape index (κ1) is 21.3. The Morgan fingerprint density at radius 3 is 2.38 bits per heavy atom. The summed E-state index contributed by atoms with van der Waals surface area (Å²) >= 11 is 5.92. The van der Waals surface area contributed by atoms with E-state index in [4.69, 9.17) is 16.6 Å². The second-order valence-electron chi connectivity index (χ2n) is 7.13. The van der Waals surface area contributed by atoms with Crippen LogP contribution >= 0.6 is 11.6 Å². The Morgan fingerprint density at radius 2 is 1.66 bits per heavy atom. The van der Waals surface area contributed by atoms with Crippen molar-refractivity contribution in [2.24, 2.45) is 0 Å². The minimum atomic E-state index is -0.201. The number of rotatable bonds is 6. The number of aromatic hydroxyl groups is 1. The van der Waals surface area contributed by atoms with Crippen LogP contribution in [0, 0.1) is 0 Å². The molecule has 0 aliphatic rings. The van der Waals surface area contributed by atoms with Crippen molar-refractivity contribution in [3.63, 3.8) is 0 Å². The molecule has 3 aromatic carbocycles. The topological polar surface area (TPSA) is 75.1 Å². The fraction of sp³-hybridized carbons (Fsp3) is 0.0385. The van der Waals surface area contributed by atoms with Gasteiger partial charge in [-0.1, -0.05) is 60.1 Å². The highest BCUT2D eigenvalue weighted by Gasteiger charge is 2.11. The first-order valence-electron chi connectivity index (χ1n) is 10.0. The summed E-state index contributed by atoms with van der Waals surface area (Å²) in [6, 6.07) is 23.7. The minimum absolute atomic E-state index is 0.178. The van der Waals surface area contributed by atoms with E-state index in [2.05, 4.69) is 10.3 Å². The molecule has 158 valence electrons. The number of benzene rings is 3.